The number of hydrogen-bond acceptors (Lipinski definition) is 6. The Hall–Kier alpha value is -1.51. The number of thioether (sulfide) groups is 1. The molecule has 0 amide bonds. The number of hydrogen-bond donors (Lipinski definition) is 2. The van der Waals surface area contributed by atoms with E-state index in [4.69, 9.17) is 0 Å². The Kier molecular flexibility index (Phi) is 5.66. The minimum atomic E-state index is -0.969. The second kappa shape index (κ2) is 7.48. The molecular weight excluding hydrogens is 316 g/mol. The van der Waals surface area contributed by atoms with Crippen LogP contribution in [-0.4, -0.2) is 27.6 Å². The molecule has 0 aliphatic heterocycles. The van der Waals surface area contributed by atoms with Crippen LogP contribution in [0.25, 0.3) is 0 Å². The van der Waals surface area contributed by atoms with E-state index in [1.165, 1.54) is 29.2 Å². The number of aromatic nitrogens is 2. The molecule has 1 aromatic heterocycles. The van der Waals surface area contributed by atoms with Gasteiger partial charge in [0.15, 0.2) is 16.0 Å². The van der Waals surface area contributed by atoms with Gasteiger partial charge in [0.05, 0.1) is 6.10 Å². The topological polar surface area (TPSA) is 58.0 Å². The monoisotopic (exact) mass is 329 g/mol. The molecule has 0 saturated carbocycles. The van der Waals surface area contributed by atoms with Crippen LogP contribution < -0.4 is 5.32 Å². The lowest BCUT2D eigenvalue weighted by atomic mass is 10.1. The maximum absolute atomic E-state index is 13.1. The fraction of sp³-hybridized carbons (Fsp3) is 0.231. The van der Waals surface area contributed by atoms with Crippen LogP contribution >= 0.6 is 23.1 Å². The molecule has 2 rings (SSSR count). The van der Waals surface area contributed by atoms with Crippen molar-refractivity contribution in [1.29, 1.82) is 0 Å². The van der Waals surface area contributed by atoms with Crippen molar-refractivity contribution in [1.82, 2.24) is 10.2 Å². The largest absolute Gasteiger partial charge is 0.388 e. The average molecular weight is 329 g/mol. The van der Waals surface area contributed by atoms with Crippen LogP contribution in [0.2, 0.25) is 0 Å². The Balaban J connectivity index is 1.91. The average Bonchev–Trinajstić information content (AvgIpc) is 2.93. The van der Waals surface area contributed by atoms with Gasteiger partial charge in [-0.05, 0) is 17.7 Å². The van der Waals surface area contributed by atoms with Crippen LogP contribution in [0, 0.1) is 11.6 Å². The smallest absolute Gasteiger partial charge is 0.206 e. The van der Waals surface area contributed by atoms with Crippen molar-refractivity contribution < 1.29 is 13.9 Å². The quantitative estimate of drug-likeness (QED) is 0.603. The van der Waals surface area contributed by atoms with Gasteiger partial charge in [-0.25, -0.2) is 8.78 Å². The molecule has 1 aromatic carbocycles. The van der Waals surface area contributed by atoms with E-state index < -0.39 is 17.7 Å². The van der Waals surface area contributed by atoms with Crippen molar-refractivity contribution in [3.63, 3.8) is 0 Å². The summed E-state index contributed by atoms with van der Waals surface area (Å²) in [6, 6.07) is 3.36. The Morgan fingerprint density at radius 1 is 1.38 bits per heavy atom. The van der Waals surface area contributed by atoms with Crippen LogP contribution in [-0.2, 0) is 0 Å². The number of nitrogens with zero attached hydrogens (tertiary/aromatic N) is 2. The lowest BCUT2D eigenvalue weighted by Crippen LogP contribution is -2.01. The van der Waals surface area contributed by atoms with Gasteiger partial charge in [0.2, 0.25) is 5.13 Å². The van der Waals surface area contributed by atoms with Gasteiger partial charge in [-0.15, -0.1) is 16.8 Å². The molecule has 112 valence electrons. The highest BCUT2D eigenvalue weighted by atomic mass is 32.2. The van der Waals surface area contributed by atoms with Crippen LogP contribution in [0.5, 0.6) is 0 Å². The number of aliphatic hydroxyl groups is 1. The van der Waals surface area contributed by atoms with Gasteiger partial charge in [0.1, 0.15) is 0 Å². The first-order chi connectivity index (χ1) is 10.1. The Labute approximate surface area is 128 Å². The molecule has 0 aliphatic rings. The number of halogens is 2. The molecule has 0 spiro atoms. The van der Waals surface area contributed by atoms with Gasteiger partial charge in [0.25, 0.3) is 0 Å². The van der Waals surface area contributed by atoms with E-state index in [2.05, 4.69) is 22.1 Å². The van der Waals surface area contributed by atoms with Crippen molar-refractivity contribution in [2.75, 3.05) is 17.6 Å². The predicted molar refractivity (Wildman–Crippen MR) is 80.6 cm³/mol. The zero-order chi connectivity index (χ0) is 15.2. The third-order valence-corrected chi connectivity index (χ3v) is 4.59. The second-order valence-electron chi connectivity index (χ2n) is 4.04. The SMILES string of the molecule is C=CCNc1nnc(SCC(O)c2ccc(F)c(F)c2)s1. The van der Waals surface area contributed by atoms with Crippen LogP contribution in [0.15, 0.2) is 35.2 Å². The predicted octanol–water partition coefficient (Wildman–Crippen LogP) is 3.24. The van der Waals surface area contributed by atoms with E-state index in [1.54, 1.807) is 6.08 Å². The molecule has 0 bridgehead atoms. The molecule has 4 nitrogen and oxygen atoms in total. The molecule has 2 N–H and O–H groups in total. The van der Waals surface area contributed by atoms with Crippen LogP contribution in [0.4, 0.5) is 13.9 Å². The number of nitrogens with one attached hydrogen (secondary N) is 1. The first kappa shape index (κ1) is 15.9. The maximum Gasteiger partial charge on any atom is 0.206 e. The van der Waals surface area contributed by atoms with Gasteiger partial charge >= 0.3 is 0 Å². The van der Waals surface area contributed by atoms with Gasteiger partial charge in [-0.1, -0.05) is 35.2 Å². The fourth-order valence-electron chi connectivity index (χ4n) is 1.47. The van der Waals surface area contributed by atoms with Crippen molar-refractivity contribution in [2.45, 2.75) is 10.4 Å². The summed E-state index contributed by atoms with van der Waals surface area (Å²) in [5, 5.41) is 21.5. The summed E-state index contributed by atoms with van der Waals surface area (Å²) in [4.78, 5) is 0. The van der Waals surface area contributed by atoms with Crippen LogP contribution in [0.3, 0.4) is 0 Å². The summed E-state index contributed by atoms with van der Waals surface area (Å²) in [5.41, 5.74) is 0.330. The standard InChI is InChI=1S/C13H13F2N3OS2/c1-2-5-16-12-17-18-13(21-12)20-7-11(19)8-3-4-9(14)10(15)6-8/h2-4,6,11,19H,1,5,7H2,(H,16,17). The summed E-state index contributed by atoms with van der Waals surface area (Å²) in [6.45, 7) is 4.18. The minimum Gasteiger partial charge on any atom is -0.388 e. The van der Waals surface area contributed by atoms with Crippen molar-refractivity contribution in [3.8, 4) is 0 Å². The summed E-state index contributed by atoms with van der Waals surface area (Å²) in [6.07, 6.45) is 0.805. The highest BCUT2D eigenvalue weighted by molar-refractivity contribution is 8.01. The zero-order valence-corrected chi connectivity index (χ0v) is 12.6. The maximum atomic E-state index is 13.1. The van der Waals surface area contributed by atoms with E-state index in [0.29, 0.717) is 21.6 Å². The second-order valence-corrected chi connectivity index (χ2v) is 6.29. The molecule has 0 aliphatic carbocycles. The molecule has 0 saturated heterocycles. The van der Waals surface area contributed by atoms with E-state index in [0.717, 1.165) is 12.1 Å². The summed E-state index contributed by atoms with van der Waals surface area (Å²) < 4.78 is 26.6. The molecule has 1 atom stereocenters. The van der Waals surface area contributed by atoms with Gasteiger partial charge in [0, 0.05) is 12.3 Å². The first-order valence-corrected chi connectivity index (χ1v) is 7.84. The highest BCUT2D eigenvalue weighted by Crippen LogP contribution is 2.29. The lowest BCUT2D eigenvalue weighted by Gasteiger charge is -2.09. The van der Waals surface area contributed by atoms with Crippen molar-refractivity contribution in [3.05, 3.63) is 48.1 Å². The zero-order valence-electron chi connectivity index (χ0n) is 10.9. The Morgan fingerprint density at radius 3 is 2.90 bits per heavy atom. The number of benzene rings is 1. The molecular formula is C13H13F2N3OS2. The molecule has 1 unspecified atom stereocenters. The Bertz CT molecular complexity index is 621. The van der Waals surface area contributed by atoms with E-state index in [1.807, 2.05) is 0 Å². The van der Waals surface area contributed by atoms with Crippen molar-refractivity contribution in [2.24, 2.45) is 0 Å². The summed E-state index contributed by atoms with van der Waals surface area (Å²) in [5.74, 6) is -1.62. The van der Waals surface area contributed by atoms with E-state index in [-0.39, 0.29) is 5.75 Å². The number of rotatable bonds is 7. The first-order valence-electron chi connectivity index (χ1n) is 6.04. The van der Waals surface area contributed by atoms with Gasteiger partial charge in [-0.2, -0.15) is 0 Å². The highest BCUT2D eigenvalue weighted by Gasteiger charge is 2.13. The number of aliphatic hydroxyl groups excluding tert-OH is 1. The number of anilines is 1. The van der Waals surface area contributed by atoms with Crippen molar-refractivity contribution >= 4 is 28.2 Å². The van der Waals surface area contributed by atoms with Gasteiger partial charge < -0.3 is 10.4 Å². The van der Waals surface area contributed by atoms with E-state index >= 15 is 0 Å². The molecule has 0 fully saturated rings. The minimum absolute atomic E-state index is 0.279. The normalized spacial score (nSPS) is 12.1. The van der Waals surface area contributed by atoms with Gasteiger partial charge in [-0.3, -0.25) is 0 Å². The molecule has 8 heteroatoms. The van der Waals surface area contributed by atoms with E-state index in [9.17, 15) is 13.9 Å². The molecule has 2 aromatic rings. The molecule has 0 radical (unpaired) electrons. The Morgan fingerprint density at radius 2 is 2.19 bits per heavy atom. The molecule has 1 heterocycles. The third-order valence-electron chi connectivity index (χ3n) is 2.50. The third kappa shape index (κ3) is 4.48. The summed E-state index contributed by atoms with van der Waals surface area (Å²) in [7, 11) is 0. The van der Waals surface area contributed by atoms with Crippen LogP contribution in [0.1, 0.15) is 11.7 Å². The lowest BCUT2D eigenvalue weighted by molar-refractivity contribution is 0.203. The fourth-order valence-corrected chi connectivity index (χ4v) is 3.22. The summed E-state index contributed by atoms with van der Waals surface area (Å²) >= 11 is 2.65. The molecule has 21 heavy (non-hydrogen) atoms.